The summed E-state index contributed by atoms with van der Waals surface area (Å²) in [6.07, 6.45) is 4.85. The molecule has 0 bridgehead atoms. The smallest absolute Gasteiger partial charge is 0.223 e. The number of thiophene rings is 1. The summed E-state index contributed by atoms with van der Waals surface area (Å²) in [5, 5.41) is 5.26. The molecule has 1 aromatic rings. The van der Waals surface area contributed by atoms with Crippen molar-refractivity contribution in [3.05, 3.63) is 22.4 Å². The minimum atomic E-state index is -3.15. The summed E-state index contributed by atoms with van der Waals surface area (Å²) < 4.78 is 24.7. The van der Waals surface area contributed by atoms with Crippen LogP contribution in [0.25, 0.3) is 0 Å². The van der Waals surface area contributed by atoms with Crippen LogP contribution >= 0.6 is 11.3 Å². The van der Waals surface area contributed by atoms with Gasteiger partial charge in [-0.15, -0.1) is 11.3 Å². The number of likely N-dealkylation sites (tertiary alicyclic amines) is 1. The minimum absolute atomic E-state index is 0.0649. The largest absolute Gasteiger partial charge is 0.354 e. The third-order valence-electron chi connectivity index (χ3n) is 5.89. The van der Waals surface area contributed by atoms with Gasteiger partial charge in [-0.1, -0.05) is 13.0 Å². The third-order valence-corrected chi connectivity index (χ3v) is 8.17. The van der Waals surface area contributed by atoms with Crippen molar-refractivity contribution in [1.82, 2.24) is 14.5 Å². The highest BCUT2D eigenvalue weighted by atomic mass is 32.2. The molecule has 1 aromatic heterocycles. The molecule has 0 aromatic carbocycles. The summed E-state index contributed by atoms with van der Waals surface area (Å²) in [5.74, 6) is 0.753. The SMILES string of the molecule is CC1CCN([C@H](CNC(=O)C2CCN(S(C)(=O)=O)CC2)c2cccs2)CC1. The third kappa shape index (κ3) is 5.53. The highest BCUT2D eigenvalue weighted by Gasteiger charge is 2.30. The van der Waals surface area contributed by atoms with Gasteiger partial charge in [-0.3, -0.25) is 9.69 Å². The van der Waals surface area contributed by atoms with Gasteiger partial charge in [0.1, 0.15) is 0 Å². The Labute approximate surface area is 167 Å². The van der Waals surface area contributed by atoms with Gasteiger partial charge in [0.15, 0.2) is 0 Å². The van der Waals surface area contributed by atoms with Crippen molar-refractivity contribution in [3.8, 4) is 0 Å². The first kappa shape index (κ1) is 20.8. The Morgan fingerprint density at radius 1 is 1.22 bits per heavy atom. The number of nitrogens with one attached hydrogen (secondary N) is 1. The van der Waals surface area contributed by atoms with E-state index in [2.05, 4.69) is 34.7 Å². The summed E-state index contributed by atoms with van der Waals surface area (Å²) in [6.45, 7) is 5.96. The first-order valence-corrected chi connectivity index (χ1v) is 12.6. The zero-order chi connectivity index (χ0) is 19.4. The normalized spacial score (nSPS) is 22.6. The van der Waals surface area contributed by atoms with Crippen LogP contribution in [0.4, 0.5) is 0 Å². The molecule has 27 heavy (non-hydrogen) atoms. The van der Waals surface area contributed by atoms with E-state index in [1.54, 1.807) is 11.3 Å². The molecule has 0 unspecified atom stereocenters. The lowest BCUT2D eigenvalue weighted by Crippen LogP contribution is -2.45. The number of carbonyl (C=O) groups excluding carboxylic acids is 1. The second-order valence-electron chi connectivity index (χ2n) is 7.93. The van der Waals surface area contributed by atoms with Crippen molar-refractivity contribution in [2.75, 3.05) is 39.0 Å². The Morgan fingerprint density at radius 3 is 2.44 bits per heavy atom. The monoisotopic (exact) mass is 413 g/mol. The van der Waals surface area contributed by atoms with E-state index >= 15 is 0 Å². The predicted octanol–water partition coefficient (Wildman–Crippen LogP) is 2.31. The molecule has 0 radical (unpaired) electrons. The summed E-state index contributed by atoms with van der Waals surface area (Å²) in [6, 6.07) is 4.46. The standard InChI is InChI=1S/C19H31N3O3S2/c1-15-5-9-21(10-6-15)17(18-4-3-13-26-18)14-20-19(23)16-7-11-22(12-8-16)27(2,24)25/h3-4,13,15-17H,5-12,14H2,1-2H3,(H,20,23)/t17-/m1/s1. The molecule has 3 heterocycles. The average Bonchev–Trinajstić information content (AvgIpc) is 3.17. The van der Waals surface area contributed by atoms with Crippen LogP contribution in [-0.4, -0.2) is 62.5 Å². The van der Waals surface area contributed by atoms with Crippen LogP contribution in [0.2, 0.25) is 0 Å². The molecule has 1 amide bonds. The molecule has 0 aliphatic carbocycles. The summed E-state index contributed by atoms with van der Waals surface area (Å²) in [5.41, 5.74) is 0. The van der Waals surface area contributed by atoms with Crippen LogP contribution in [0.5, 0.6) is 0 Å². The van der Waals surface area contributed by atoms with Gasteiger partial charge >= 0.3 is 0 Å². The molecule has 8 heteroatoms. The quantitative estimate of drug-likeness (QED) is 0.777. The van der Waals surface area contributed by atoms with Gasteiger partial charge in [0, 0.05) is 30.4 Å². The zero-order valence-corrected chi connectivity index (χ0v) is 17.9. The maximum Gasteiger partial charge on any atom is 0.223 e. The molecule has 1 atom stereocenters. The van der Waals surface area contributed by atoms with Crippen LogP contribution in [0.15, 0.2) is 17.5 Å². The Balaban J connectivity index is 1.55. The number of rotatable bonds is 6. The lowest BCUT2D eigenvalue weighted by molar-refractivity contribution is -0.126. The number of nitrogens with zero attached hydrogens (tertiary/aromatic N) is 2. The van der Waals surface area contributed by atoms with Gasteiger partial charge in [-0.25, -0.2) is 12.7 Å². The van der Waals surface area contributed by atoms with Crippen molar-refractivity contribution >= 4 is 27.3 Å². The zero-order valence-electron chi connectivity index (χ0n) is 16.3. The fourth-order valence-electron chi connectivity index (χ4n) is 4.02. The lowest BCUT2D eigenvalue weighted by atomic mass is 9.96. The van der Waals surface area contributed by atoms with E-state index in [1.807, 2.05) is 0 Å². The van der Waals surface area contributed by atoms with Crippen LogP contribution in [0.3, 0.4) is 0 Å². The lowest BCUT2D eigenvalue weighted by Gasteiger charge is -2.37. The number of carbonyl (C=O) groups is 1. The van der Waals surface area contributed by atoms with E-state index in [1.165, 1.54) is 28.3 Å². The first-order valence-electron chi connectivity index (χ1n) is 9.85. The van der Waals surface area contributed by atoms with E-state index in [0.717, 1.165) is 19.0 Å². The minimum Gasteiger partial charge on any atom is -0.354 e. The topological polar surface area (TPSA) is 69.7 Å². The van der Waals surface area contributed by atoms with E-state index in [4.69, 9.17) is 0 Å². The number of sulfonamides is 1. The second-order valence-corrected chi connectivity index (χ2v) is 10.9. The molecule has 2 aliphatic rings. The van der Waals surface area contributed by atoms with Gasteiger partial charge < -0.3 is 5.32 Å². The van der Waals surface area contributed by atoms with Crippen molar-refractivity contribution in [2.24, 2.45) is 11.8 Å². The Hall–Kier alpha value is -0.960. The molecule has 6 nitrogen and oxygen atoms in total. The van der Waals surface area contributed by atoms with Gasteiger partial charge in [0.2, 0.25) is 15.9 Å². The Morgan fingerprint density at radius 2 is 1.89 bits per heavy atom. The van der Waals surface area contributed by atoms with Gasteiger partial charge in [0.25, 0.3) is 0 Å². The van der Waals surface area contributed by atoms with Gasteiger partial charge in [0.05, 0.1) is 12.3 Å². The van der Waals surface area contributed by atoms with Crippen LogP contribution in [0, 0.1) is 11.8 Å². The maximum atomic E-state index is 12.7. The van der Waals surface area contributed by atoms with E-state index < -0.39 is 10.0 Å². The fraction of sp³-hybridized carbons (Fsp3) is 0.737. The second kappa shape index (κ2) is 9.03. The molecule has 2 fully saturated rings. The van der Waals surface area contributed by atoms with Crippen LogP contribution in [0.1, 0.15) is 43.5 Å². The molecular formula is C19H31N3O3S2. The number of hydrogen-bond donors (Lipinski definition) is 1. The summed E-state index contributed by atoms with van der Waals surface area (Å²) in [7, 11) is -3.15. The molecule has 0 spiro atoms. The van der Waals surface area contributed by atoms with Crippen molar-refractivity contribution in [3.63, 3.8) is 0 Å². The predicted molar refractivity (Wildman–Crippen MR) is 109 cm³/mol. The number of piperidine rings is 2. The molecule has 0 saturated carbocycles. The summed E-state index contributed by atoms with van der Waals surface area (Å²) >= 11 is 1.75. The van der Waals surface area contributed by atoms with Crippen LogP contribution < -0.4 is 5.32 Å². The van der Waals surface area contributed by atoms with E-state index in [0.29, 0.717) is 32.5 Å². The highest BCUT2D eigenvalue weighted by Crippen LogP contribution is 2.29. The van der Waals surface area contributed by atoms with Crippen molar-refractivity contribution < 1.29 is 13.2 Å². The Bertz CT molecular complexity index is 705. The Kier molecular flexibility index (Phi) is 6.94. The molecule has 152 valence electrons. The van der Waals surface area contributed by atoms with E-state index in [-0.39, 0.29) is 17.9 Å². The highest BCUT2D eigenvalue weighted by molar-refractivity contribution is 7.88. The molecular weight excluding hydrogens is 382 g/mol. The molecule has 3 rings (SSSR count). The first-order chi connectivity index (χ1) is 12.8. The molecule has 2 saturated heterocycles. The average molecular weight is 414 g/mol. The maximum absolute atomic E-state index is 12.7. The van der Waals surface area contributed by atoms with Crippen molar-refractivity contribution in [1.29, 1.82) is 0 Å². The fourth-order valence-corrected chi connectivity index (χ4v) is 5.76. The molecule has 2 aliphatic heterocycles. The van der Waals surface area contributed by atoms with Gasteiger partial charge in [-0.2, -0.15) is 0 Å². The van der Waals surface area contributed by atoms with Crippen LogP contribution in [-0.2, 0) is 14.8 Å². The van der Waals surface area contributed by atoms with Crippen molar-refractivity contribution in [2.45, 2.75) is 38.6 Å². The molecule has 1 N–H and O–H groups in total. The van der Waals surface area contributed by atoms with E-state index in [9.17, 15) is 13.2 Å². The summed E-state index contributed by atoms with van der Waals surface area (Å²) in [4.78, 5) is 16.5. The number of amides is 1. The van der Waals surface area contributed by atoms with Gasteiger partial charge in [-0.05, 0) is 56.1 Å². The number of hydrogen-bond acceptors (Lipinski definition) is 5.